The number of halogens is 1. The van der Waals surface area contributed by atoms with Crippen LogP contribution in [0.3, 0.4) is 0 Å². The predicted molar refractivity (Wildman–Crippen MR) is 69.8 cm³/mol. The van der Waals surface area contributed by atoms with Crippen molar-refractivity contribution in [3.63, 3.8) is 0 Å². The van der Waals surface area contributed by atoms with E-state index in [1.807, 2.05) is 0 Å². The second-order valence-corrected chi connectivity index (χ2v) is 4.78. The molecule has 1 N–H and O–H groups in total. The number of carboxylic acid groups (broad SMARTS) is 1. The lowest BCUT2D eigenvalue weighted by Gasteiger charge is -2.06. The van der Waals surface area contributed by atoms with E-state index in [-0.39, 0.29) is 5.69 Å². The molecule has 5 nitrogen and oxygen atoms in total. The number of ether oxygens (including phenoxy) is 1. The SMILES string of the molecule is Cn1nc2c(c1C(=O)O)CCOc1ccc(Cl)cc1-2. The number of fused-ring (bicyclic) bond motifs is 3. The molecule has 1 aliphatic heterocycles. The Bertz CT molecular complexity index is 679. The van der Waals surface area contributed by atoms with Gasteiger partial charge in [0.05, 0.1) is 6.61 Å². The van der Waals surface area contributed by atoms with Gasteiger partial charge in [0.1, 0.15) is 17.1 Å². The van der Waals surface area contributed by atoms with Gasteiger partial charge in [0, 0.05) is 29.6 Å². The van der Waals surface area contributed by atoms with Crippen molar-refractivity contribution in [1.82, 2.24) is 9.78 Å². The molecular formula is C13H11ClN2O3. The van der Waals surface area contributed by atoms with Crippen LogP contribution in [0, 0.1) is 0 Å². The van der Waals surface area contributed by atoms with Crippen LogP contribution in [-0.4, -0.2) is 27.5 Å². The van der Waals surface area contributed by atoms with Gasteiger partial charge in [-0.3, -0.25) is 4.68 Å². The minimum Gasteiger partial charge on any atom is -0.493 e. The molecular weight excluding hydrogens is 268 g/mol. The molecule has 2 heterocycles. The molecule has 0 radical (unpaired) electrons. The molecule has 0 atom stereocenters. The molecule has 0 bridgehead atoms. The van der Waals surface area contributed by atoms with E-state index in [1.165, 1.54) is 4.68 Å². The Kier molecular flexibility index (Phi) is 2.71. The molecule has 0 spiro atoms. The Labute approximate surface area is 114 Å². The number of carbonyl (C=O) groups is 1. The standard InChI is InChI=1S/C13H11ClN2O3/c1-16-12(13(17)18)8-4-5-19-10-3-2-7(14)6-9(10)11(8)15-16/h2-3,6H,4-5H2,1H3,(H,17,18). The molecule has 6 heteroatoms. The molecule has 0 aliphatic carbocycles. The van der Waals surface area contributed by atoms with Crippen LogP contribution in [0.25, 0.3) is 11.3 Å². The zero-order chi connectivity index (χ0) is 13.6. The van der Waals surface area contributed by atoms with Crippen molar-refractivity contribution < 1.29 is 14.6 Å². The van der Waals surface area contributed by atoms with Crippen LogP contribution in [0.2, 0.25) is 5.02 Å². The summed E-state index contributed by atoms with van der Waals surface area (Å²) in [5.74, 6) is -0.306. The average molecular weight is 279 g/mol. The van der Waals surface area contributed by atoms with Crippen molar-refractivity contribution >= 4 is 17.6 Å². The number of hydrogen-bond donors (Lipinski definition) is 1. The van der Waals surface area contributed by atoms with E-state index < -0.39 is 5.97 Å². The van der Waals surface area contributed by atoms with Gasteiger partial charge in [-0.15, -0.1) is 0 Å². The number of rotatable bonds is 1. The Morgan fingerprint density at radius 3 is 3.05 bits per heavy atom. The van der Waals surface area contributed by atoms with Gasteiger partial charge >= 0.3 is 5.97 Å². The van der Waals surface area contributed by atoms with Crippen molar-refractivity contribution in [3.8, 4) is 17.0 Å². The van der Waals surface area contributed by atoms with Crippen molar-refractivity contribution in [3.05, 3.63) is 34.5 Å². The summed E-state index contributed by atoms with van der Waals surface area (Å²) in [6.45, 7) is 0.424. The minimum absolute atomic E-state index is 0.200. The lowest BCUT2D eigenvalue weighted by Crippen LogP contribution is -2.10. The first-order chi connectivity index (χ1) is 9.08. The van der Waals surface area contributed by atoms with Gasteiger partial charge in [-0.1, -0.05) is 11.6 Å². The van der Waals surface area contributed by atoms with Crippen LogP contribution in [0.15, 0.2) is 18.2 Å². The van der Waals surface area contributed by atoms with Gasteiger partial charge in [0.15, 0.2) is 0 Å². The molecule has 0 saturated carbocycles. The van der Waals surface area contributed by atoms with E-state index in [0.717, 1.165) is 5.56 Å². The second-order valence-electron chi connectivity index (χ2n) is 4.34. The Balaban J connectivity index is 2.30. The Hall–Kier alpha value is -2.01. The first-order valence-corrected chi connectivity index (χ1v) is 6.17. The van der Waals surface area contributed by atoms with Crippen molar-refractivity contribution in [2.45, 2.75) is 6.42 Å². The average Bonchev–Trinajstić information content (AvgIpc) is 2.58. The second kappa shape index (κ2) is 4.28. The van der Waals surface area contributed by atoms with Gasteiger partial charge in [-0.25, -0.2) is 4.79 Å². The molecule has 1 aromatic heterocycles. The summed E-state index contributed by atoms with van der Waals surface area (Å²) in [6, 6.07) is 5.27. The van der Waals surface area contributed by atoms with Gasteiger partial charge in [0.25, 0.3) is 0 Å². The first-order valence-electron chi connectivity index (χ1n) is 5.80. The summed E-state index contributed by atoms with van der Waals surface area (Å²) < 4.78 is 7.01. The van der Waals surface area contributed by atoms with Crippen LogP contribution in [0.1, 0.15) is 16.1 Å². The van der Waals surface area contributed by atoms with Crippen LogP contribution < -0.4 is 4.74 Å². The van der Waals surface area contributed by atoms with E-state index in [9.17, 15) is 9.90 Å². The van der Waals surface area contributed by atoms with Crippen molar-refractivity contribution in [2.75, 3.05) is 6.61 Å². The van der Waals surface area contributed by atoms with Gasteiger partial charge < -0.3 is 9.84 Å². The zero-order valence-electron chi connectivity index (χ0n) is 10.2. The molecule has 0 unspecified atom stereocenters. The maximum Gasteiger partial charge on any atom is 0.354 e. The summed E-state index contributed by atoms with van der Waals surface area (Å²) in [6.07, 6.45) is 0.511. The van der Waals surface area contributed by atoms with Crippen LogP contribution >= 0.6 is 11.6 Å². The number of aromatic carboxylic acids is 1. The van der Waals surface area contributed by atoms with Gasteiger partial charge in [-0.05, 0) is 18.2 Å². The molecule has 3 rings (SSSR count). The third-order valence-corrected chi connectivity index (χ3v) is 3.39. The summed E-state index contributed by atoms with van der Waals surface area (Å²) in [7, 11) is 1.63. The smallest absolute Gasteiger partial charge is 0.354 e. The minimum atomic E-state index is -0.985. The number of aryl methyl sites for hydroxylation is 1. The third kappa shape index (κ3) is 1.86. The number of hydrogen-bond acceptors (Lipinski definition) is 3. The van der Waals surface area contributed by atoms with Crippen molar-refractivity contribution in [2.24, 2.45) is 7.05 Å². The number of aromatic nitrogens is 2. The van der Waals surface area contributed by atoms with E-state index >= 15 is 0 Å². The summed E-state index contributed by atoms with van der Waals surface area (Å²) in [5.41, 5.74) is 2.26. The molecule has 2 aromatic rings. The van der Waals surface area contributed by atoms with E-state index in [4.69, 9.17) is 16.3 Å². The molecule has 1 aliphatic rings. The molecule has 0 amide bonds. The van der Waals surface area contributed by atoms with Gasteiger partial charge in [-0.2, -0.15) is 5.10 Å². The topological polar surface area (TPSA) is 64.4 Å². The molecule has 0 saturated heterocycles. The zero-order valence-corrected chi connectivity index (χ0v) is 10.9. The lowest BCUT2D eigenvalue weighted by atomic mass is 10.0. The largest absolute Gasteiger partial charge is 0.493 e. The van der Waals surface area contributed by atoms with Gasteiger partial charge in [0.2, 0.25) is 0 Å². The predicted octanol–water partition coefficient (Wildman–Crippen LogP) is 2.37. The number of carboxylic acids is 1. The number of nitrogens with zero attached hydrogens (tertiary/aromatic N) is 2. The molecule has 19 heavy (non-hydrogen) atoms. The maximum absolute atomic E-state index is 11.3. The highest BCUT2D eigenvalue weighted by molar-refractivity contribution is 6.31. The van der Waals surface area contributed by atoms with E-state index in [2.05, 4.69) is 5.10 Å². The molecule has 98 valence electrons. The highest BCUT2D eigenvalue weighted by atomic mass is 35.5. The highest BCUT2D eigenvalue weighted by Gasteiger charge is 2.26. The summed E-state index contributed by atoms with van der Waals surface area (Å²) in [4.78, 5) is 11.3. The quantitative estimate of drug-likeness (QED) is 0.870. The van der Waals surface area contributed by atoms with Crippen LogP contribution in [0.4, 0.5) is 0 Å². The lowest BCUT2D eigenvalue weighted by molar-refractivity contribution is 0.0683. The third-order valence-electron chi connectivity index (χ3n) is 3.15. The van der Waals surface area contributed by atoms with Crippen molar-refractivity contribution in [1.29, 1.82) is 0 Å². The Morgan fingerprint density at radius 2 is 2.32 bits per heavy atom. The summed E-state index contributed by atoms with van der Waals surface area (Å²) in [5, 5.41) is 14.2. The fraction of sp³-hybridized carbons (Fsp3) is 0.231. The molecule has 1 aromatic carbocycles. The monoisotopic (exact) mass is 278 g/mol. The van der Waals surface area contributed by atoms with E-state index in [1.54, 1.807) is 25.2 Å². The normalized spacial score (nSPS) is 13.2. The first kappa shape index (κ1) is 12.0. The highest BCUT2D eigenvalue weighted by Crippen LogP contribution is 2.37. The molecule has 0 fully saturated rings. The summed E-state index contributed by atoms with van der Waals surface area (Å²) >= 11 is 6.00. The van der Waals surface area contributed by atoms with Crippen LogP contribution in [-0.2, 0) is 13.5 Å². The fourth-order valence-electron chi connectivity index (χ4n) is 2.36. The number of benzene rings is 1. The maximum atomic E-state index is 11.3. The fourth-order valence-corrected chi connectivity index (χ4v) is 2.54. The van der Waals surface area contributed by atoms with E-state index in [0.29, 0.717) is 35.1 Å². The Morgan fingerprint density at radius 1 is 1.53 bits per heavy atom. The van der Waals surface area contributed by atoms with Crippen LogP contribution in [0.5, 0.6) is 5.75 Å².